The Hall–Kier alpha value is -5.03. The van der Waals surface area contributed by atoms with Crippen LogP contribution in [-0.4, -0.2) is 58.3 Å². The summed E-state index contributed by atoms with van der Waals surface area (Å²) >= 11 is 1.50. The van der Waals surface area contributed by atoms with Crippen LogP contribution >= 0.6 is 11.8 Å². The van der Waals surface area contributed by atoms with Crippen molar-refractivity contribution in [2.45, 2.75) is 32.0 Å². The second kappa shape index (κ2) is 13.9. The lowest BCUT2D eigenvalue weighted by Crippen LogP contribution is -2.30. The molecular weight excluding hydrogens is 619 g/mol. The molecule has 238 valence electrons. The molecule has 1 unspecified atom stereocenters. The van der Waals surface area contributed by atoms with Crippen LogP contribution in [0.2, 0.25) is 0 Å². The molecule has 0 spiro atoms. The number of carbonyl (C=O) groups is 1. The zero-order valence-corrected chi connectivity index (χ0v) is 26.0. The monoisotopic (exact) mass is 649 g/mol. The van der Waals surface area contributed by atoms with Gasteiger partial charge in [-0.05, 0) is 47.4 Å². The van der Waals surface area contributed by atoms with Gasteiger partial charge in [0.1, 0.15) is 17.8 Å². The van der Waals surface area contributed by atoms with Gasteiger partial charge in [-0.2, -0.15) is 10.3 Å². The number of thioether (sulfide) groups is 1. The molecule has 1 fully saturated rings. The van der Waals surface area contributed by atoms with Crippen LogP contribution in [0.3, 0.4) is 0 Å². The Morgan fingerprint density at radius 1 is 1.11 bits per heavy atom. The third kappa shape index (κ3) is 7.78. The largest absolute Gasteiger partial charge is 0.573 e. The number of rotatable bonds is 9. The number of alkyl halides is 3. The average Bonchev–Trinajstić information content (AvgIpc) is 3.71. The quantitative estimate of drug-likeness (QED) is 0.208. The number of aliphatic imine (C=N–C) groups is 1. The summed E-state index contributed by atoms with van der Waals surface area (Å²) in [7, 11) is 1.62. The minimum atomic E-state index is -4.77. The predicted molar refractivity (Wildman–Crippen MR) is 170 cm³/mol. The number of nitrogens with zero attached hydrogens (tertiary/aromatic N) is 6. The van der Waals surface area contributed by atoms with Gasteiger partial charge >= 0.3 is 12.4 Å². The Morgan fingerprint density at radius 3 is 2.48 bits per heavy atom. The smallest absolute Gasteiger partial charge is 0.497 e. The minimum absolute atomic E-state index is 0.0630. The van der Waals surface area contributed by atoms with E-state index in [2.05, 4.69) is 45.0 Å². The zero-order chi connectivity index (χ0) is 32.8. The Kier molecular flexibility index (Phi) is 9.81. The molecule has 1 saturated heterocycles. The molecule has 46 heavy (non-hydrogen) atoms. The second-order valence-corrected chi connectivity index (χ2v) is 11.6. The van der Waals surface area contributed by atoms with Crippen molar-refractivity contribution < 1.29 is 27.4 Å². The molecule has 4 aromatic rings. The standard InChI is InChI=1S/C32H30F3N7O3S/c1-20(2)27-13-12-26(44-3)16-28(27)41-14-15-46-31(41)39-30(43)37-18-23(17-36)21-4-6-22(7-5-21)29-38-19-42(40-29)24-8-10-25(11-9-24)45-32(33,34)35/h4-13,16,19-20,23H,14-15,18H2,1-3H3,(H,37,43)/b39-31-. The number of anilines is 1. The van der Waals surface area contributed by atoms with E-state index in [1.165, 1.54) is 47.0 Å². The number of hydrogen-bond acceptors (Lipinski definition) is 7. The molecule has 1 aromatic heterocycles. The maximum absolute atomic E-state index is 12.9. The van der Waals surface area contributed by atoms with Gasteiger partial charge in [0, 0.05) is 36.2 Å². The first-order valence-electron chi connectivity index (χ1n) is 14.3. The molecule has 0 aliphatic carbocycles. The van der Waals surface area contributed by atoms with E-state index in [9.17, 15) is 23.2 Å². The number of amidine groups is 1. The van der Waals surface area contributed by atoms with Gasteiger partial charge in [-0.1, -0.05) is 55.9 Å². The van der Waals surface area contributed by atoms with Gasteiger partial charge in [0.05, 0.1) is 24.8 Å². The van der Waals surface area contributed by atoms with E-state index in [4.69, 9.17) is 4.74 Å². The molecule has 14 heteroatoms. The van der Waals surface area contributed by atoms with Crippen molar-refractivity contribution in [2.24, 2.45) is 4.99 Å². The van der Waals surface area contributed by atoms with Crippen molar-refractivity contribution in [1.29, 1.82) is 5.26 Å². The number of aromatic nitrogens is 3. The number of benzene rings is 3. The van der Waals surface area contributed by atoms with Gasteiger partial charge in [0.25, 0.3) is 0 Å². The van der Waals surface area contributed by atoms with Gasteiger partial charge in [-0.25, -0.2) is 14.5 Å². The van der Waals surface area contributed by atoms with Crippen molar-refractivity contribution in [1.82, 2.24) is 20.1 Å². The van der Waals surface area contributed by atoms with Crippen LogP contribution in [0, 0.1) is 11.3 Å². The number of nitrogens with one attached hydrogen (secondary N) is 1. The fourth-order valence-electron chi connectivity index (χ4n) is 4.83. The Balaban J connectivity index is 1.22. The van der Waals surface area contributed by atoms with Crippen molar-refractivity contribution in [3.05, 3.63) is 84.2 Å². The summed E-state index contributed by atoms with van der Waals surface area (Å²) in [6, 6.07) is 19.9. The van der Waals surface area contributed by atoms with Gasteiger partial charge in [-0.3, -0.25) is 0 Å². The SMILES string of the molecule is COc1ccc(C(C)C)c(N2CCS/C2=N\C(=O)NCC(C#N)c2ccc(-c3ncn(-c4ccc(OC(F)(F)F)cc4)n3)cc2)c1. The van der Waals surface area contributed by atoms with E-state index in [0.717, 1.165) is 22.8 Å². The van der Waals surface area contributed by atoms with Crippen LogP contribution in [0.25, 0.3) is 17.1 Å². The van der Waals surface area contributed by atoms with E-state index in [1.54, 1.807) is 31.4 Å². The molecule has 0 radical (unpaired) electrons. The zero-order valence-electron chi connectivity index (χ0n) is 25.2. The molecule has 1 N–H and O–H groups in total. The van der Waals surface area contributed by atoms with Gasteiger partial charge in [0.2, 0.25) is 0 Å². The third-order valence-electron chi connectivity index (χ3n) is 7.14. The van der Waals surface area contributed by atoms with Crippen molar-refractivity contribution >= 4 is 28.6 Å². The lowest BCUT2D eigenvalue weighted by atomic mass is 9.99. The Bertz CT molecular complexity index is 1750. The Morgan fingerprint density at radius 2 is 1.83 bits per heavy atom. The van der Waals surface area contributed by atoms with Crippen LogP contribution < -0.4 is 19.7 Å². The summed E-state index contributed by atoms with van der Waals surface area (Å²) in [5.41, 5.74) is 3.93. The van der Waals surface area contributed by atoms with E-state index >= 15 is 0 Å². The molecule has 3 aromatic carbocycles. The van der Waals surface area contributed by atoms with Crippen LogP contribution in [-0.2, 0) is 0 Å². The number of ether oxygens (including phenoxy) is 2. The summed E-state index contributed by atoms with van der Waals surface area (Å²) in [5, 5.41) is 17.6. The molecule has 2 heterocycles. The average molecular weight is 650 g/mol. The molecule has 10 nitrogen and oxygen atoms in total. The molecule has 0 saturated carbocycles. The Labute approximate surface area is 267 Å². The van der Waals surface area contributed by atoms with E-state index in [0.29, 0.717) is 34.4 Å². The maximum atomic E-state index is 12.9. The first-order valence-corrected chi connectivity index (χ1v) is 15.3. The highest BCUT2D eigenvalue weighted by Crippen LogP contribution is 2.35. The number of amides is 2. The van der Waals surface area contributed by atoms with Crippen molar-refractivity contribution in [3.63, 3.8) is 0 Å². The van der Waals surface area contributed by atoms with Gasteiger partial charge < -0.3 is 19.7 Å². The van der Waals surface area contributed by atoms with Gasteiger partial charge in [-0.15, -0.1) is 18.3 Å². The predicted octanol–water partition coefficient (Wildman–Crippen LogP) is 6.89. The number of halogens is 3. The molecule has 1 aliphatic rings. The van der Waals surface area contributed by atoms with Crippen LogP contribution in [0.5, 0.6) is 11.5 Å². The number of nitriles is 1. The van der Waals surface area contributed by atoms with Crippen LogP contribution in [0.1, 0.15) is 36.8 Å². The summed E-state index contributed by atoms with van der Waals surface area (Å²) in [4.78, 5) is 23.5. The molecule has 1 atom stereocenters. The molecule has 0 bridgehead atoms. The lowest BCUT2D eigenvalue weighted by molar-refractivity contribution is -0.274. The van der Waals surface area contributed by atoms with Crippen LogP contribution in [0.4, 0.5) is 23.7 Å². The highest BCUT2D eigenvalue weighted by molar-refractivity contribution is 8.14. The second-order valence-electron chi connectivity index (χ2n) is 10.5. The number of urea groups is 1. The number of carbonyl (C=O) groups excluding carboxylic acids is 1. The number of hydrogen-bond donors (Lipinski definition) is 1. The molecule has 5 rings (SSSR count). The molecule has 2 amide bonds. The fourth-order valence-corrected chi connectivity index (χ4v) is 5.78. The fraction of sp³-hybridized carbons (Fsp3) is 0.281. The highest BCUT2D eigenvalue weighted by atomic mass is 32.2. The highest BCUT2D eigenvalue weighted by Gasteiger charge is 2.31. The maximum Gasteiger partial charge on any atom is 0.573 e. The lowest BCUT2D eigenvalue weighted by Gasteiger charge is -2.23. The first kappa shape index (κ1) is 32.4. The summed E-state index contributed by atoms with van der Waals surface area (Å²) in [6.07, 6.45) is -3.33. The van der Waals surface area contributed by atoms with Crippen molar-refractivity contribution in [2.75, 3.05) is 30.9 Å². The van der Waals surface area contributed by atoms with Crippen LogP contribution in [0.15, 0.2) is 78.0 Å². The summed E-state index contributed by atoms with van der Waals surface area (Å²) < 4.78 is 48.1. The van der Waals surface area contributed by atoms with E-state index < -0.39 is 18.3 Å². The normalized spacial score (nSPS) is 14.7. The summed E-state index contributed by atoms with van der Waals surface area (Å²) in [6.45, 7) is 4.98. The summed E-state index contributed by atoms with van der Waals surface area (Å²) in [5.74, 6) is 1.19. The molecule has 1 aliphatic heterocycles. The number of methoxy groups -OCH3 is 1. The first-order chi connectivity index (χ1) is 22.0. The third-order valence-corrected chi connectivity index (χ3v) is 8.09. The van der Waals surface area contributed by atoms with E-state index in [1.807, 2.05) is 23.1 Å². The topological polar surface area (TPSA) is 118 Å². The molecular formula is C32H30F3N7O3S. The van der Waals surface area contributed by atoms with Gasteiger partial charge in [0.15, 0.2) is 11.0 Å². The van der Waals surface area contributed by atoms with E-state index in [-0.39, 0.29) is 18.2 Å². The van der Waals surface area contributed by atoms with Crippen molar-refractivity contribution in [3.8, 4) is 34.6 Å². The minimum Gasteiger partial charge on any atom is -0.497 e.